The predicted octanol–water partition coefficient (Wildman–Crippen LogP) is -0.770. The van der Waals surface area contributed by atoms with Crippen LogP contribution in [0.1, 0.15) is 24.0 Å². The van der Waals surface area contributed by atoms with Crippen molar-refractivity contribution in [1.29, 1.82) is 0 Å². The van der Waals surface area contributed by atoms with Gasteiger partial charge in [0, 0.05) is 6.54 Å². The third-order valence-corrected chi connectivity index (χ3v) is 3.04. The highest BCUT2D eigenvalue weighted by Gasteiger charge is 2.35. The molecule has 2 unspecified atom stereocenters. The maximum Gasteiger partial charge on any atom is 0.291 e. The molecule has 16 heavy (non-hydrogen) atoms. The van der Waals surface area contributed by atoms with Crippen molar-refractivity contribution in [1.82, 2.24) is 20.1 Å². The van der Waals surface area contributed by atoms with Crippen molar-refractivity contribution in [2.45, 2.75) is 19.4 Å². The van der Waals surface area contributed by atoms with E-state index in [-0.39, 0.29) is 30.3 Å². The number of nitrogens with one attached hydrogen (secondary N) is 1. The lowest BCUT2D eigenvalue weighted by Crippen LogP contribution is -2.40. The van der Waals surface area contributed by atoms with Crippen LogP contribution in [0.15, 0.2) is 0 Å². The van der Waals surface area contributed by atoms with Crippen molar-refractivity contribution in [3.63, 3.8) is 0 Å². The highest BCUT2D eigenvalue weighted by molar-refractivity contribution is 5.91. The lowest BCUT2D eigenvalue weighted by Gasteiger charge is -2.23. The molecule has 1 aliphatic heterocycles. The predicted molar refractivity (Wildman–Crippen MR) is 56.5 cm³/mol. The molecule has 1 aromatic rings. The number of aliphatic hydroxyl groups is 1. The van der Waals surface area contributed by atoms with E-state index in [0.29, 0.717) is 12.5 Å². The van der Waals surface area contributed by atoms with E-state index >= 15 is 0 Å². The van der Waals surface area contributed by atoms with Crippen LogP contribution in [0.2, 0.25) is 0 Å². The normalized spacial score (nSPS) is 25.0. The molecular formula is C9H15N5O2. The first-order chi connectivity index (χ1) is 7.63. The summed E-state index contributed by atoms with van der Waals surface area (Å²) >= 11 is 0. The minimum Gasteiger partial charge on any atom is -0.394 e. The van der Waals surface area contributed by atoms with Gasteiger partial charge in [0.15, 0.2) is 0 Å². The second-order valence-electron chi connectivity index (χ2n) is 4.06. The van der Waals surface area contributed by atoms with E-state index in [1.165, 1.54) is 0 Å². The Morgan fingerprint density at radius 2 is 2.50 bits per heavy atom. The van der Waals surface area contributed by atoms with Crippen molar-refractivity contribution >= 4 is 11.9 Å². The topological polar surface area (TPSA) is 108 Å². The van der Waals surface area contributed by atoms with E-state index in [0.717, 1.165) is 6.42 Å². The maximum absolute atomic E-state index is 12.0. The minimum absolute atomic E-state index is 0.0312. The van der Waals surface area contributed by atoms with E-state index in [1.807, 2.05) is 6.92 Å². The summed E-state index contributed by atoms with van der Waals surface area (Å²) < 4.78 is 0. The summed E-state index contributed by atoms with van der Waals surface area (Å²) in [5.74, 6) is 0.225. The van der Waals surface area contributed by atoms with Gasteiger partial charge >= 0.3 is 0 Å². The number of H-pyrrole nitrogens is 1. The number of aliphatic hydroxyl groups excluding tert-OH is 1. The van der Waals surface area contributed by atoms with Crippen LogP contribution >= 0.6 is 0 Å². The number of aromatic amines is 1. The quantitative estimate of drug-likeness (QED) is 0.612. The first-order valence-corrected chi connectivity index (χ1v) is 5.23. The fraction of sp³-hybridized carbons (Fsp3) is 0.667. The highest BCUT2D eigenvalue weighted by atomic mass is 16.3. The Hall–Kier alpha value is -1.63. The lowest BCUT2D eigenvalue weighted by molar-refractivity contribution is 0.0636. The molecule has 7 nitrogen and oxygen atoms in total. The molecule has 1 aromatic heterocycles. The van der Waals surface area contributed by atoms with E-state index in [1.54, 1.807) is 4.90 Å². The molecule has 0 aliphatic carbocycles. The largest absolute Gasteiger partial charge is 0.394 e. The number of nitrogens with zero attached hydrogens (tertiary/aromatic N) is 3. The highest BCUT2D eigenvalue weighted by Crippen LogP contribution is 2.24. The number of anilines is 1. The number of likely N-dealkylation sites (tertiary alicyclic amines) is 1. The Bertz CT molecular complexity index is 391. The van der Waals surface area contributed by atoms with E-state index < -0.39 is 0 Å². The SMILES string of the molecule is CC1CCN(C(=O)c2nc(N)n[nH]2)C1CO. The summed E-state index contributed by atoms with van der Waals surface area (Å²) in [7, 11) is 0. The third-order valence-electron chi connectivity index (χ3n) is 3.04. The first-order valence-electron chi connectivity index (χ1n) is 5.23. The van der Waals surface area contributed by atoms with E-state index in [4.69, 9.17) is 5.73 Å². The molecule has 0 radical (unpaired) electrons. The summed E-state index contributed by atoms with van der Waals surface area (Å²) in [6.07, 6.45) is 0.889. The van der Waals surface area contributed by atoms with Crippen LogP contribution in [-0.2, 0) is 0 Å². The van der Waals surface area contributed by atoms with Crippen LogP contribution < -0.4 is 5.73 Å². The van der Waals surface area contributed by atoms with Crippen molar-refractivity contribution in [2.24, 2.45) is 5.92 Å². The second kappa shape index (κ2) is 4.09. The van der Waals surface area contributed by atoms with Gasteiger partial charge in [-0.05, 0) is 12.3 Å². The number of carbonyl (C=O) groups excluding carboxylic acids is 1. The fourth-order valence-electron chi connectivity index (χ4n) is 2.05. The smallest absolute Gasteiger partial charge is 0.291 e. The molecule has 88 valence electrons. The van der Waals surface area contributed by atoms with Crippen molar-refractivity contribution in [2.75, 3.05) is 18.9 Å². The molecule has 4 N–H and O–H groups in total. The van der Waals surface area contributed by atoms with Crippen LogP contribution in [0.4, 0.5) is 5.95 Å². The number of amides is 1. The van der Waals surface area contributed by atoms with Crippen LogP contribution in [0.25, 0.3) is 0 Å². The minimum atomic E-state index is -0.257. The number of nitrogen functional groups attached to an aromatic ring is 1. The van der Waals surface area contributed by atoms with Crippen LogP contribution in [-0.4, -0.2) is 50.3 Å². The average Bonchev–Trinajstić information content (AvgIpc) is 2.83. The Labute approximate surface area is 92.7 Å². The lowest BCUT2D eigenvalue weighted by atomic mass is 10.0. The Morgan fingerprint density at radius 3 is 3.06 bits per heavy atom. The molecular weight excluding hydrogens is 210 g/mol. The Kier molecular flexibility index (Phi) is 2.78. The standard InChI is InChI=1S/C9H15N5O2/c1-5-2-3-14(6(5)4-15)8(16)7-11-9(10)13-12-7/h5-6,15H,2-4H2,1H3,(H3,10,11,12,13). The maximum atomic E-state index is 12.0. The van der Waals surface area contributed by atoms with Crippen LogP contribution in [0.5, 0.6) is 0 Å². The van der Waals surface area contributed by atoms with Gasteiger partial charge in [-0.1, -0.05) is 6.92 Å². The molecule has 2 atom stereocenters. The Balaban J connectivity index is 2.16. The summed E-state index contributed by atoms with van der Waals surface area (Å²) in [6.45, 7) is 2.62. The zero-order valence-corrected chi connectivity index (χ0v) is 9.05. The first kappa shape index (κ1) is 10.9. The molecule has 0 aromatic carbocycles. The average molecular weight is 225 g/mol. The van der Waals surface area contributed by atoms with Crippen molar-refractivity contribution in [3.8, 4) is 0 Å². The van der Waals surface area contributed by atoms with Gasteiger partial charge < -0.3 is 15.7 Å². The van der Waals surface area contributed by atoms with Gasteiger partial charge in [0.2, 0.25) is 11.8 Å². The molecule has 0 bridgehead atoms. The molecule has 7 heteroatoms. The molecule has 1 amide bonds. The molecule has 1 fully saturated rings. The second-order valence-corrected chi connectivity index (χ2v) is 4.06. The monoisotopic (exact) mass is 225 g/mol. The van der Waals surface area contributed by atoms with Gasteiger partial charge in [0.05, 0.1) is 12.6 Å². The molecule has 0 spiro atoms. The fourth-order valence-corrected chi connectivity index (χ4v) is 2.05. The number of hydrogen-bond donors (Lipinski definition) is 3. The van der Waals surface area contributed by atoms with Crippen LogP contribution in [0, 0.1) is 5.92 Å². The molecule has 1 aliphatic rings. The molecule has 2 heterocycles. The van der Waals surface area contributed by atoms with E-state index in [9.17, 15) is 9.90 Å². The number of rotatable bonds is 2. The van der Waals surface area contributed by atoms with Crippen molar-refractivity contribution < 1.29 is 9.90 Å². The van der Waals surface area contributed by atoms with Crippen molar-refractivity contribution in [3.05, 3.63) is 5.82 Å². The van der Waals surface area contributed by atoms with Gasteiger partial charge in [0.1, 0.15) is 0 Å². The molecule has 1 saturated heterocycles. The zero-order valence-electron chi connectivity index (χ0n) is 9.05. The van der Waals surface area contributed by atoms with Gasteiger partial charge in [-0.25, -0.2) is 0 Å². The van der Waals surface area contributed by atoms with Gasteiger partial charge in [0.25, 0.3) is 5.91 Å². The Morgan fingerprint density at radius 1 is 1.75 bits per heavy atom. The van der Waals surface area contributed by atoms with Gasteiger partial charge in [-0.3, -0.25) is 9.89 Å². The molecule has 0 saturated carbocycles. The summed E-state index contributed by atoms with van der Waals surface area (Å²) in [6, 6.07) is -0.140. The summed E-state index contributed by atoms with van der Waals surface area (Å²) in [5, 5.41) is 15.3. The summed E-state index contributed by atoms with van der Waals surface area (Å²) in [4.78, 5) is 17.4. The van der Waals surface area contributed by atoms with Gasteiger partial charge in [-0.15, -0.1) is 5.10 Å². The van der Waals surface area contributed by atoms with Gasteiger partial charge in [-0.2, -0.15) is 4.98 Å². The number of hydrogen-bond acceptors (Lipinski definition) is 5. The van der Waals surface area contributed by atoms with Crippen LogP contribution in [0.3, 0.4) is 0 Å². The number of nitrogens with two attached hydrogens (primary N) is 1. The third kappa shape index (κ3) is 1.73. The molecule has 2 rings (SSSR count). The number of carbonyl (C=O) groups is 1. The van der Waals surface area contributed by atoms with E-state index in [2.05, 4.69) is 15.2 Å². The number of aromatic nitrogens is 3. The zero-order chi connectivity index (χ0) is 11.7. The summed E-state index contributed by atoms with van der Waals surface area (Å²) in [5.41, 5.74) is 5.34.